The van der Waals surface area contributed by atoms with Crippen molar-refractivity contribution in [2.24, 2.45) is 11.8 Å². The summed E-state index contributed by atoms with van der Waals surface area (Å²) in [6.07, 6.45) is 8.25. The topological polar surface area (TPSA) is 121 Å². The van der Waals surface area contributed by atoms with E-state index in [-0.39, 0.29) is 29.7 Å². The number of amides is 1. The Labute approximate surface area is 251 Å². The lowest BCUT2D eigenvalue weighted by Crippen LogP contribution is -2.57. The van der Waals surface area contributed by atoms with Gasteiger partial charge in [-0.2, -0.15) is 4.98 Å². The third-order valence-corrected chi connectivity index (χ3v) is 10.7. The third kappa shape index (κ3) is 5.10. The fourth-order valence-electron chi connectivity index (χ4n) is 7.15. The summed E-state index contributed by atoms with van der Waals surface area (Å²) in [5.74, 6) is 2.71. The molecule has 0 radical (unpaired) electrons. The second-order valence-electron chi connectivity index (χ2n) is 12.3. The van der Waals surface area contributed by atoms with Gasteiger partial charge in [-0.15, -0.1) is 0 Å². The number of aromatic nitrogens is 3. The minimum atomic E-state index is -3.06. The first kappa shape index (κ1) is 28.0. The number of nitrogens with one attached hydrogen (secondary N) is 1. The van der Waals surface area contributed by atoms with E-state index in [0.717, 1.165) is 48.0 Å². The molecule has 4 aliphatic heterocycles. The normalized spacial score (nSPS) is 26.7. The molecule has 4 saturated heterocycles. The van der Waals surface area contributed by atoms with Crippen molar-refractivity contribution >= 4 is 49.8 Å². The summed E-state index contributed by atoms with van der Waals surface area (Å²) in [7, 11) is -3.06. The van der Waals surface area contributed by atoms with Crippen molar-refractivity contribution in [3.8, 4) is 0 Å². The van der Waals surface area contributed by atoms with E-state index >= 15 is 0 Å². The van der Waals surface area contributed by atoms with Crippen LogP contribution in [-0.2, 0) is 19.4 Å². The van der Waals surface area contributed by atoms with Crippen LogP contribution < -0.4 is 15.1 Å². The smallest absolute Gasteiger partial charge is 0.246 e. The van der Waals surface area contributed by atoms with Crippen LogP contribution in [0, 0.1) is 11.8 Å². The summed E-state index contributed by atoms with van der Waals surface area (Å²) < 4.78 is 29.6. The molecule has 226 valence electrons. The molecular weight excluding hydrogens is 566 g/mol. The van der Waals surface area contributed by atoms with Crippen molar-refractivity contribution in [1.82, 2.24) is 19.9 Å². The van der Waals surface area contributed by atoms with Gasteiger partial charge in [0.2, 0.25) is 11.9 Å². The molecule has 1 aromatic carbocycles. The Balaban J connectivity index is 1.21. The molecule has 43 heavy (non-hydrogen) atoms. The maximum Gasteiger partial charge on any atom is 0.246 e. The fourth-order valence-corrected chi connectivity index (χ4v) is 8.31. The predicted octanol–water partition coefficient (Wildman–Crippen LogP) is 3.32. The number of anilines is 4. The summed E-state index contributed by atoms with van der Waals surface area (Å²) in [4.78, 5) is 33.0. The lowest BCUT2D eigenvalue weighted by Gasteiger charge is -2.48. The minimum Gasteiger partial charge on any atom is -0.379 e. The summed E-state index contributed by atoms with van der Waals surface area (Å²) >= 11 is 0. The van der Waals surface area contributed by atoms with Gasteiger partial charge < -0.3 is 24.8 Å². The molecule has 5 atom stereocenters. The van der Waals surface area contributed by atoms with Gasteiger partial charge >= 0.3 is 0 Å². The molecule has 1 amide bonds. The number of ether oxygens (including phenoxy) is 1. The standard InChI is InChI=1S/C31H37N7O4S/c1-4-30(39)36-12-9-26(36)22-5-6-25(38-15-21(19(38)2)18-43(3,40)41)24-14-33-29(13-23(22)24)34-28-7-10-32-31(35-28)37-11-8-20-16-42-17-27(20)37/h4-7,10,13-14,19-21,26-27H,1,8-9,11-12,15-18H2,2-3H3,(H,32,33,34,35)/t19-,20-,21-,26+,27+/m1/s1. The lowest BCUT2D eigenvalue weighted by molar-refractivity contribution is -0.133. The van der Waals surface area contributed by atoms with Crippen molar-refractivity contribution in [1.29, 1.82) is 0 Å². The second kappa shape index (κ2) is 10.7. The highest BCUT2D eigenvalue weighted by Crippen LogP contribution is 2.43. The van der Waals surface area contributed by atoms with Crippen LogP contribution in [0.4, 0.5) is 23.3 Å². The molecule has 12 heteroatoms. The Morgan fingerprint density at radius 1 is 1.12 bits per heavy atom. The van der Waals surface area contributed by atoms with E-state index in [4.69, 9.17) is 14.7 Å². The zero-order chi connectivity index (χ0) is 29.9. The first-order chi connectivity index (χ1) is 20.7. The first-order valence-electron chi connectivity index (χ1n) is 14.9. The van der Waals surface area contributed by atoms with Crippen molar-refractivity contribution in [2.45, 2.75) is 37.9 Å². The molecular formula is C31H37N7O4S. The number of fused-ring (bicyclic) bond motifs is 2. The number of pyridine rings is 1. The van der Waals surface area contributed by atoms with Crippen molar-refractivity contribution in [2.75, 3.05) is 60.0 Å². The number of carbonyl (C=O) groups is 1. The van der Waals surface area contributed by atoms with E-state index in [2.05, 4.69) is 45.7 Å². The number of hydrogen-bond acceptors (Lipinski definition) is 10. The van der Waals surface area contributed by atoms with Gasteiger partial charge in [0, 0.05) is 67.2 Å². The molecule has 0 spiro atoms. The first-order valence-corrected chi connectivity index (χ1v) is 17.0. The molecule has 0 aliphatic carbocycles. The zero-order valence-electron chi connectivity index (χ0n) is 24.5. The van der Waals surface area contributed by atoms with Gasteiger partial charge in [0.25, 0.3) is 0 Å². The number of nitrogens with zero attached hydrogens (tertiary/aromatic N) is 6. The van der Waals surface area contributed by atoms with E-state index < -0.39 is 9.84 Å². The van der Waals surface area contributed by atoms with Crippen LogP contribution >= 0.6 is 0 Å². The molecule has 7 rings (SSSR count). The van der Waals surface area contributed by atoms with E-state index in [9.17, 15) is 13.2 Å². The Bertz CT molecular complexity index is 1700. The van der Waals surface area contributed by atoms with Gasteiger partial charge in [-0.25, -0.2) is 18.4 Å². The van der Waals surface area contributed by atoms with Gasteiger partial charge in [-0.05, 0) is 55.0 Å². The number of carbonyl (C=O) groups excluding carboxylic acids is 1. The average Bonchev–Trinajstić information content (AvgIpc) is 3.59. The highest BCUT2D eigenvalue weighted by atomic mass is 32.2. The van der Waals surface area contributed by atoms with Gasteiger partial charge in [-0.1, -0.05) is 12.6 Å². The highest BCUT2D eigenvalue weighted by molar-refractivity contribution is 7.90. The van der Waals surface area contributed by atoms with Gasteiger partial charge in [0.15, 0.2) is 0 Å². The zero-order valence-corrected chi connectivity index (χ0v) is 25.3. The Hall–Kier alpha value is -3.77. The molecule has 4 aliphatic rings. The predicted molar refractivity (Wildman–Crippen MR) is 166 cm³/mol. The summed E-state index contributed by atoms with van der Waals surface area (Å²) in [5.41, 5.74) is 2.07. The number of benzene rings is 1. The lowest BCUT2D eigenvalue weighted by atomic mass is 9.87. The molecule has 3 aromatic rings. The van der Waals surface area contributed by atoms with Gasteiger partial charge in [-0.3, -0.25) is 4.79 Å². The molecule has 11 nitrogen and oxygen atoms in total. The fraction of sp³-hybridized carbons (Fsp3) is 0.484. The van der Waals surface area contributed by atoms with Crippen LogP contribution in [0.5, 0.6) is 0 Å². The molecule has 1 N–H and O–H groups in total. The summed E-state index contributed by atoms with van der Waals surface area (Å²) in [6.45, 7) is 9.55. The SMILES string of the molecule is C=CC(=O)N1CC[C@H]1c1ccc(N2C[C@H](CS(C)(=O)=O)[C@H]2C)c2cnc(Nc3ccnc(N4CC[C@@H]5COC[C@@H]54)n3)cc12. The molecule has 6 heterocycles. The minimum absolute atomic E-state index is 0.0495. The van der Waals surface area contributed by atoms with Crippen LogP contribution in [0.15, 0.2) is 49.3 Å². The van der Waals surface area contributed by atoms with Crippen LogP contribution in [0.3, 0.4) is 0 Å². The number of rotatable bonds is 8. The number of sulfone groups is 1. The summed E-state index contributed by atoms with van der Waals surface area (Å²) in [6, 6.07) is 8.40. The molecule has 2 aromatic heterocycles. The maximum atomic E-state index is 12.6. The quantitative estimate of drug-likeness (QED) is 0.384. The largest absolute Gasteiger partial charge is 0.379 e. The van der Waals surface area contributed by atoms with E-state index in [0.29, 0.717) is 49.2 Å². The average molecular weight is 604 g/mol. The second-order valence-corrected chi connectivity index (χ2v) is 14.5. The van der Waals surface area contributed by atoms with Crippen LogP contribution in [-0.4, -0.2) is 91.1 Å². The molecule has 4 fully saturated rings. The molecule has 0 saturated carbocycles. The monoisotopic (exact) mass is 603 g/mol. The van der Waals surface area contributed by atoms with Crippen molar-refractivity contribution < 1.29 is 17.9 Å². The third-order valence-electron chi connectivity index (χ3n) is 9.64. The van der Waals surface area contributed by atoms with Gasteiger partial charge in [0.1, 0.15) is 21.5 Å². The highest BCUT2D eigenvalue weighted by Gasteiger charge is 2.41. The molecule has 0 unspecified atom stereocenters. The molecule has 0 bridgehead atoms. The maximum absolute atomic E-state index is 12.6. The summed E-state index contributed by atoms with van der Waals surface area (Å²) in [5, 5.41) is 5.36. The van der Waals surface area contributed by atoms with E-state index in [1.807, 2.05) is 23.2 Å². The van der Waals surface area contributed by atoms with Crippen molar-refractivity contribution in [3.63, 3.8) is 0 Å². The van der Waals surface area contributed by atoms with E-state index in [1.165, 1.54) is 12.3 Å². The number of likely N-dealkylation sites (tertiary alicyclic amines) is 1. The van der Waals surface area contributed by atoms with E-state index in [1.54, 1.807) is 6.20 Å². The Morgan fingerprint density at radius 3 is 2.72 bits per heavy atom. The van der Waals surface area contributed by atoms with Crippen molar-refractivity contribution in [3.05, 3.63) is 54.9 Å². The Morgan fingerprint density at radius 2 is 1.98 bits per heavy atom. The van der Waals surface area contributed by atoms with Gasteiger partial charge in [0.05, 0.1) is 31.1 Å². The Kier molecular flexibility index (Phi) is 7.00. The van der Waals surface area contributed by atoms with Crippen LogP contribution in [0.1, 0.15) is 31.4 Å². The van der Waals surface area contributed by atoms with Crippen LogP contribution in [0.2, 0.25) is 0 Å². The number of hydrogen-bond donors (Lipinski definition) is 1. The van der Waals surface area contributed by atoms with Crippen LogP contribution in [0.25, 0.3) is 10.8 Å².